The van der Waals surface area contributed by atoms with Crippen LogP contribution < -0.4 is 0 Å². The number of aryl methyl sites for hydroxylation is 2. The first-order valence-electron chi connectivity index (χ1n) is 4.67. The van der Waals surface area contributed by atoms with Crippen molar-refractivity contribution in [2.45, 2.75) is 13.8 Å². The smallest absolute Gasteiger partial charge is 0.356 e. The molecule has 2 rings (SSSR count). The third kappa shape index (κ3) is 1.77. The fraction of sp³-hybridized carbons (Fsp3) is 0.200. The highest BCUT2D eigenvalue weighted by Crippen LogP contribution is 2.08. The van der Waals surface area contributed by atoms with Crippen molar-refractivity contribution in [3.05, 3.63) is 35.5 Å². The first-order chi connectivity index (χ1) is 7.58. The van der Waals surface area contributed by atoms with Crippen molar-refractivity contribution < 1.29 is 9.90 Å². The second kappa shape index (κ2) is 3.73. The van der Waals surface area contributed by atoms with Gasteiger partial charge in [-0.15, -0.1) is 0 Å². The molecule has 0 amide bonds. The van der Waals surface area contributed by atoms with Crippen LogP contribution in [0.3, 0.4) is 0 Å². The Morgan fingerprint density at radius 2 is 2.12 bits per heavy atom. The van der Waals surface area contributed by atoms with E-state index >= 15 is 0 Å². The Morgan fingerprint density at radius 3 is 2.69 bits per heavy atom. The van der Waals surface area contributed by atoms with Gasteiger partial charge in [0, 0.05) is 5.69 Å². The molecule has 0 bridgehead atoms. The van der Waals surface area contributed by atoms with Crippen molar-refractivity contribution in [2.75, 3.05) is 0 Å². The van der Waals surface area contributed by atoms with Gasteiger partial charge in [-0.05, 0) is 19.9 Å². The van der Waals surface area contributed by atoms with E-state index in [0.29, 0.717) is 5.82 Å². The van der Waals surface area contributed by atoms with Gasteiger partial charge in [0.2, 0.25) is 0 Å². The molecule has 16 heavy (non-hydrogen) atoms. The monoisotopic (exact) mass is 218 g/mol. The van der Waals surface area contributed by atoms with Crippen molar-refractivity contribution in [1.82, 2.24) is 19.7 Å². The maximum Gasteiger partial charge on any atom is 0.356 e. The summed E-state index contributed by atoms with van der Waals surface area (Å²) in [4.78, 5) is 18.5. The molecule has 0 unspecified atom stereocenters. The van der Waals surface area contributed by atoms with E-state index in [9.17, 15) is 4.79 Å². The largest absolute Gasteiger partial charge is 0.476 e. The Bertz CT molecular complexity index is 548. The van der Waals surface area contributed by atoms with Gasteiger partial charge in [-0.2, -0.15) is 5.10 Å². The summed E-state index contributed by atoms with van der Waals surface area (Å²) in [6, 6.07) is 1.88. The van der Waals surface area contributed by atoms with Crippen LogP contribution in [0.5, 0.6) is 0 Å². The number of carbonyl (C=O) groups is 1. The van der Waals surface area contributed by atoms with Gasteiger partial charge in [0.25, 0.3) is 0 Å². The Morgan fingerprint density at radius 1 is 1.38 bits per heavy atom. The Kier molecular flexibility index (Phi) is 2.40. The number of hydrogen-bond donors (Lipinski definition) is 1. The molecular formula is C10H10N4O2. The van der Waals surface area contributed by atoms with Crippen LogP contribution in [0.1, 0.15) is 21.9 Å². The molecule has 2 aromatic rings. The van der Waals surface area contributed by atoms with Crippen molar-refractivity contribution in [1.29, 1.82) is 0 Å². The molecule has 2 aromatic heterocycles. The quantitative estimate of drug-likeness (QED) is 0.812. The van der Waals surface area contributed by atoms with E-state index in [4.69, 9.17) is 5.11 Å². The van der Waals surface area contributed by atoms with Crippen molar-refractivity contribution in [3.8, 4) is 5.82 Å². The first kappa shape index (κ1) is 10.3. The van der Waals surface area contributed by atoms with Gasteiger partial charge in [-0.3, -0.25) is 4.98 Å². The van der Waals surface area contributed by atoms with Gasteiger partial charge in [0.1, 0.15) is 0 Å². The van der Waals surface area contributed by atoms with Crippen LogP contribution in [0.15, 0.2) is 18.5 Å². The molecule has 0 spiro atoms. The minimum absolute atomic E-state index is 0.0925. The number of aromatic carboxylic acids is 1. The second-order valence-electron chi connectivity index (χ2n) is 3.41. The highest BCUT2D eigenvalue weighted by atomic mass is 16.4. The van der Waals surface area contributed by atoms with E-state index in [1.807, 2.05) is 19.9 Å². The maximum atomic E-state index is 10.7. The molecule has 0 atom stereocenters. The lowest BCUT2D eigenvalue weighted by atomic mass is 10.4. The molecule has 6 nitrogen and oxygen atoms in total. The van der Waals surface area contributed by atoms with Gasteiger partial charge in [0.05, 0.1) is 18.1 Å². The molecule has 0 aliphatic carbocycles. The van der Waals surface area contributed by atoms with Crippen molar-refractivity contribution >= 4 is 5.97 Å². The highest BCUT2D eigenvalue weighted by Gasteiger charge is 2.09. The van der Waals surface area contributed by atoms with E-state index < -0.39 is 5.97 Å². The number of carboxylic acids is 1. The standard InChI is InChI=1S/C10H10N4O2/c1-6-3-7(2)14(13-6)9-5-11-4-8(12-9)10(15)16/h3-5H,1-2H3,(H,15,16). The minimum Gasteiger partial charge on any atom is -0.476 e. The van der Waals surface area contributed by atoms with Crippen LogP contribution in [0.4, 0.5) is 0 Å². The number of nitrogens with zero attached hydrogens (tertiary/aromatic N) is 4. The Balaban J connectivity index is 2.52. The average Bonchev–Trinajstić information content (AvgIpc) is 2.58. The van der Waals surface area contributed by atoms with Gasteiger partial charge >= 0.3 is 5.97 Å². The maximum absolute atomic E-state index is 10.7. The molecule has 6 heteroatoms. The summed E-state index contributed by atoms with van der Waals surface area (Å²) < 4.78 is 1.56. The highest BCUT2D eigenvalue weighted by molar-refractivity contribution is 5.85. The average molecular weight is 218 g/mol. The molecule has 0 fully saturated rings. The van der Waals surface area contributed by atoms with Crippen LogP contribution >= 0.6 is 0 Å². The third-order valence-electron chi connectivity index (χ3n) is 2.07. The summed E-state index contributed by atoms with van der Waals surface area (Å²) in [6.07, 6.45) is 2.68. The fourth-order valence-electron chi connectivity index (χ4n) is 1.42. The van der Waals surface area contributed by atoms with E-state index in [0.717, 1.165) is 11.4 Å². The van der Waals surface area contributed by atoms with Crippen LogP contribution in [-0.2, 0) is 0 Å². The van der Waals surface area contributed by atoms with Crippen LogP contribution in [-0.4, -0.2) is 30.8 Å². The SMILES string of the molecule is Cc1cc(C)n(-c2cncc(C(=O)O)n2)n1. The van der Waals surface area contributed by atoms with Crippen LogP contribution in [0.2, 0.25) is 0 Å². The lowest BCUT2D eigenvalue weighted by molar-refractivity contribution is 0.0690. The van der Waals surface area contributed by atoms with Crippen LogP contribution in [0.25, 0.3) is 5.82 Å². The summed E-state index contributed by atoms with van der Waals surface area (Å²) in [7, 11) is 0. The summed E-state index contributed by atoms with van der Waals surface area (Å²) in [6.45, 7) is 3.73. The zero-order chi connectivity index (χ0) is 11.7. The molecule has 0 aliphatic heterocycles. The van der Waals surface area contributed by atoms with Gasteiger partial charge in [0.15, 0.2) is 11.5 Å². The van der Waals surface area contributed by atoms with Gasteiger partial charge in [-0.1, -0.05) is 0 Å². The molecule has 1 N–H and O–H groups in total. The second-order valence-corrected chi connectivity index (χ2v) is 3.41. The molecule has 0 aromatic carbocycles. The minimum atomic E-state index is -1.10. The van der Waals surface area contributed by atoms with E-state index in [2.05, 4.69) is 15.1 Å². The van der Waals surface area contributed by atoms with E-state index in [-0.39, 0.29) is 5.69 Å². The Hall–Kier alpha value is -2.24. The number of aromatic nitrogens is 4. The fourth-order valence-corrected chi connectivity index (χ4v) is 1.42. The molecule has 0 saturated heterocycles. The zero-order valence-electron chi connectivity index (χ0n) is 8.88. The first-order valence-corrected chi connectivity index (χ1v) is 4.67. The third-order valence-corrected chi connectivity index (χ3v) is 2.07. The normalized spacial score (nSPS) is 10.4. The number of carboxylic acid groups (broad SMARTS) is 1. The number of hydrogen-bond acceptors (Lipinski definition) is 4. The van der Waals surface area contributed by atoms with Crippen LogP contribution in [0, 0.1) is 13.8 Å². The lowest BCUT2D eigenvalue weighted by Crippen LogP contribution is -2.08. The van der Waals surface area contributed by atoms with E-state index in [1.54, 1.807) is 4.68 Å². The molecule has 2 heterocycles. The predicted molar refractivity (Wildman–Crippen MR) is 55.6 cm³/mol. The Labute approximate surface area is 91.6 Å². The van der Waals surface area contributed by atoms with E-state index in [1.165, 1.54) is 12.4 Å². The van der Waals surface area contributed by atoms with Gasteiger partial charge in [-0.25, -0.2) is 14.5 Å². The predicted octanol–water partition coefficient (Wildman–Crippen LogP) is 0.977. The molecule has 0 aliphatic rings. The summed E-state index contributed by atoms with van der Waals surface area (Å²) >= 11 is 0. The molecular weight excluding hydrogens is 208 g/mol. The van der Waals surface area contributed by atoms with Crippen molar-refractivity contribution in [2.24, 2.45) is 0 Å². The summed E-state index contributed by atoms with van der Waals surface area (Å²) in [5.41, 5.74) is 1.64. The topological polar surface area (TPSA) is 80.9 Å². The van der Waals surface area contributed by atoms with Gasteiger partial charge < -0.3 is 5.11 Å². The lowest BCUT2D eigenvalue weighted by Gasteiger charge is -2.02. The molecule has 0 radical (unpaired) electrons. The number of rotatable bonds is 2. The summed E-state index contributed by atoms with van der Waals surface area (Å²) in [5.74, 6) is -0.693. The van der Waals surface area contributed by atoms with Crippen molar-refractivity contribution in [3.63, 3.8) is 0 Å². The molecule has 82 valence electrons. The molecule has 0 saturated carbocycles. The zero-order valence-corrected chi connectivity index (χ0v) is 8.88. The summed E-state index contributed by atoms with van der Waals surface area (Å²) in [5, 5.41) is 13.0.